The first-order chi connectivity index (χ1) is 46.4. The summed E-state index contributed by atoms with van der Waals surface area (Å²) in [6.07, 6.45) is -3.95. The average molecular weight is 1480 g/mol. The Morgan fingerprint density at radius 1 is 0.700 bits per heavy atom. The minimum Gasteiger partial charge on any atom is -0.446 e. The van der Waals surface area contributed by atoms with Gasteiger partial charge in [0.15, 0.2) is 5.13 Å². The number of thiazole rings is 1. The van der Waals surface area contributed by atoms with Gasteiger partial charge in [-0.15, -0.1) is 48.6 Å². The van der Waals surface area contributed by atoms with E-state index in [1.54, 1.807) is 28.8 Å². The van der Waals surface area contributed by atoms with Gasteiger partial charge in [-0.25, -0.2) is 14.2 Å². The van der Waals surface area contributed by atoms with Crippen LogP contribution in [0, 0.1) is 5.82 Å². The number of carbonyl (C=O) groups is 5. The maximum atomic E-state index is 14.2. The zero-order valence-electron chi connectivity index (χ0n) is 56.1. The third-order valence-electron chi connectivity index (χ3n) is 19.3. The number of likely N-dealkylation sites (tertiary alicyclic amines) is 2. The monoisotopic (exact) mass is 1480 g/mol. The maximum absolute atomic E-state index is 14.2. The average Bonchev–Trinajstić information content (AvgIpc) is 1.58. The number of para-hydroxylation sites is 1. The van der Waals surface area contributed by atoms with E-state index in [2.05, 4.69) is 37.6 Å². The van der Waals surface area contributed by atoms with E-state index < -0.39 is 64.6 Å². The molecule has 3 saturated heterocycles. The highest BCUT2D eigenvalue weighted by Gasteiger charge is 2.50. The van der Waals surface area contributed by atoms with Crippen molar-refractivity contribution in [1.82, 2.24) is 34.4 Å². The van der Waals surface area contributed by atoms with Gasteiger partial charge in [-0.05, 0) is 130 Å². The van der Waals surface area contributed by atoms with E-state index >= 15 is 0 Å². The Balaban J connectivity index is 0.00000468. The molecule has 5 aromatic carbocycles. The molecule has 1 aromatic heterocycles. The van der Waals surface area contributed by atoms with Crippen LogP contribution in [-0.2, 0) is 64.8 Å². The van der Waals surface area contributed by atoms with Gasteiger partial charge in [0.1, 0.15) is 30.9 Å². The molecule has 28 heteroatoms. The van der Waals surface area contributed by atoms with Crippen molar-refractivity contribution in [3.05, 3.63) is 172 Å². The summed E-state index contributed by atoms with van der Waals surface area (Å²) in [5.74, 6) is -1.78. The molecule has 4 heterocycles. The smallest absolute Gasteiger partial charge is 0.416 e. The third kappa shape index (κ3) is 20.8. The highest BCUT2D eigenvalue weighted by molar-refractivity contribution is 7.13. The summed E-state index contributed by atoms with van der Waals surface area (Å²) in [5.41, 5.74) is 0.414. The van der Waals surface area contributed by atoms with Gasteiger partial charge in [-0.1, -0.05) is 91.3 Å². The lowest BCUT2D eigenvalue weighted by Gasteiger charge is -2.44. The van der Waals surface area contributed by atoms with Gasteiger partial charge < -0.3 is 48.9 Å². The molecule has 5 amide bonds. The van der Waals surface area contributed by atoms with E-state index in [1.807, 2.05) is 79.2 Å². The second-order valence-electron chi connectivity index (χ2n) is 25.8. The number of hydrogen-bond acceptors (Lipinski definition) is 13. The first-order valence-electron chi connectivity index (χ1n) is 33.1. The molecule has 3 fully saturated rings. The third-order valence-corrected chi connectivity index (χ3v) is 20.1. The lowest BCUT2D eigenvalue weighted by molar-refractivity contribution is -0.143. The quantitative estimate of drug-likeness (QED) is 0.0370. The van der Waals surface area contributed by atoms with Crippen molar-refractivity contribution in [2.75, 3.05) is 117 Å². The number of nitrogens with zero attached hydrogens (tertiary/aromatic N) is 7. The Morgan fingerprint density at radius 3 is 2.02 bits per heavy atom. The number of unbranched alkanes of at least 4 members (excludes halogenated alkanes) is 2. The minimum absolute atomic E-state index is 0. The molecule has 0 saturated carbocycles. The number of benzene rings is 5. The number of nitrogens with one attached hydrogen (secondary N) is 2. The van der Waals surface area contributed by atoms with Crippen LogP contribution in [0.1, 0.15) is 108 Å². The SMILES string of the molecule is CN(CCN1CCC(OC(=O)Nc2ccccc2-c2ccccc2)CC1)C(=O)CCCCCNc1nc(CC(=O)N(C)CCCN(C)C(=O)CO[C@H]2Cc3ccccc3C23CCN(CC[C@]2(c4ccc(F)cc4)CN(C(=O)c4cc(C(F)(F)F)cc(C(F)(F)F)c4)CO2)CC3)cs1.Cl.Cl.Cl. The Bertz CT molecular complexity index is 3650. The van der Waals surface area contributed by atoms with Crippen LogP contribution >= 0.6 is 48.6 Å². The molecule has 2 atom stereocenters. The van der Waals surface area contributed by atoms with Crippen LogP contribution in [0.2, 0.25) is 0 Å². The van der Waals surface area contributed by atoms with Crippen molar-refractivity contribution in [2.24, 2.45) is 0 Å². The van der Waals surface area contributed by atoms with Crippen LogP contribution < -0.4 is 10.6 Å². The molecule has 17 nitrogen and oxygen atoms in total. The number of halogens is 10. The fourth-order valence-electron chi connectivity index (χ4n) is 13.5. The van der Waals surface area contributed by atoms with Crippen molar-refractivity contribution in [1.29, 1.82) is 0 Å². The van der Waals surface area contributed by atoms with Crippen molar-refractivity contribution in [2.45, 2.75) is 113 Å². The first kappa shape index (κ1) is 80.2. The van der Waals surface area contributed by atoms with Gasteiger partial charge in [0, 0.05) is 102 Å². The summed E-state index contributed by atoms with van der Waals surface area (Å²) in [7, 11) is 5.30. The Hall–Kier alpha value is -7.10. The van der Waals surface area contributed by atoms with Crippen molar-refractivity contribution in [3.8, 4) is 11.1 Å². The van der Waals surface area contributed by atoms with Crippen LogP contribution in [0.25, 0.3) is 11.1 Å². The molecule has 10 rings (SSSR count). The molecule has 4 aliphatic rings. The second kappa shape index (κ2) is 36.2. The Morgan fingerprint density at radius 2 is 1.33 bits per heavy atom. The molecule has 0 radical (unpaired) electrons. The van der Waals surface area contributed by atoms with Crippen LogP contribution in [0.4, 0.5) is 46.3 Å². The molecule has 1 spiro atoms. The highest BCUT2D eigenvalue weighted by atomic mass is 35.5. The minimum atomic E-state index is -5.15. The number of likely N-dealkylation sites (N-methyl/N-ethyl adjacent to an activating group) is 3. The molecule has 6 aromatic rings. The topological polar surface area (TPSA) is 169 Å². The number of fused-ring (bicyclic) bond motifs is 2. The lowest BCUT2D eigenvalue weighted by atomic mass is 9.72. The van der Waals surface area contributed by atoms with Gasteiger partial charge in [-0.3, -0.25) is 24.5 Å². The van der Waals surface area contributed by atoms with E-state index in [-0.39, 0.29) is 99.2 Å². The molecule has 2 N–H and O–H groups in total. The number of alkyl halides is 6. The van der Waals surface area contributed by atoms with Crippen molar-refractivity contribution < 1.29 is 68.9 Å². The summed E-state index contributed by atoms with van der Waals surface area (Å²) in [6, 6.07) is 31.9. The lowest BCUT2D eigenvalue weighted by Crippen LogP contribution is -2.50. The molecule has 1 aliphatic carbocycles. The zero-order chi connectivity index (χ0) is 68.9. The van der Waals surface area contributed by atoms with Crippen LogP contribution in [-0.4, -0.2) is 183 Å². The number of anilines is 2. The fraction of sp³-hybridized carbons (Fsp3) is 0.472. The van der Waals surface area contributed by atoms with E-state index in [4.69, 9.17) is 14.2 Å². The van der Waals surface area contributed by atoms with E-state index in [9.17, 15) is 54.7 Å². The van der Waals surface area contributed by atoms with E-state index in [1.165, 1.54) is 35.6 Å². The molecular weight excluding hydrogens is 1390 g/mol. The largest absolute Gasteiger partial charge is 0.446 e. The molecule has 0 bridgehead atoms. The molecule has 100 heavy (non-hydrogen) atoms. The number of piperidine rings is 2. The molecule has 0 unspecified atom stereocenters. The van der Waals surface area contributed by atoms with Crippen molar-refractivity contribution in [3.63, 3.8) is 0 Å². The number of ether oxygens (including phenoxy) is 3. The van der Waals surface area contributed by atoms with Crippen LogP contribution in [0.3, 0.4) is 0 Å². The summed E-state index contributed by atoms with van der Waals surface area (Å²) in [4.78, 5) is 81.8. The number of carbonyl (C=O) groups excluding carboxylic acids is 5. The predicted molar refractivity (Wildman–Crippen MR) is 377 cm³/mol. The van der Waals surface area contributed by atoms with E-state index in [0.717, 1.165) is 84.0 Å². The fourth-order valence-corrected chi connectivity index (χ4v) is 14.3. The molecule has 3 aliphatic heterocycles. The first-order valence-corrected chi connectivity index (χ1v) is 34.0. The summed E-state index contributed by atoms with van der Waals surface area (Å²) in [5, 5.41) is 8.88. The number of rotatable bonds is 27. The Labute approximate surface area is 601 Å². The highest BCUT2D eigenvalue weighted by Crippen LogP contribution is 2.49. The maximum Gasteiger partial charge on any atom is 0.416 e. The zero-order valence-corrected chi connectivity index (χ0v) is 59.4. The summed E-state index contributed by atoms with van der Waals surface area (Å²) < 4.78 is 116. The standard InChI is InChI=1S/C72H84F7N9O8S.3ClH/c1-83(64(90)45-57-47-97-67(81-57)80-31-13-5-8-21-63(89)85(3)39-40-86-34-26-58(27-35-86)96-68(93)82-61-20-12-10-18-59(61)50-15-6-4-7-16-50)32-14-33-84(2)65(91)46-94-62-43-51-17-9-11-19-60(51)69(62)28-36-87(37-29-69)38-30-70(53-22-24-56(73)25-23-53)48-88(49-95-70)66(92)52-41-54(71(74,75)76)44-55(42-52)72(77,78)79;;;/h4,6-7,9-12,15-20,22-25,41-42,44,47,58,62H,5,8,13-14,21,26-40,43,45-46,48-49H2,1-3H3,(H,80,81)(H,82,93);3*1H/t62-,70+;;;/m0.../s1. The van der Waals surface area contributed by atoms with Gasteiger partial charge in [0.2, 0.25) is 17.7 Å². The number of aromatic nitrogens is 1. The van der Waals surface area contributed by atoms with Crippen LogP contribution in [0.15, 0.2) is 127 Å². The molecular formula is C72H87Cl3F7N9O8S. The van der Waals surface area contributed by atoms with Gasteiger partial charge in [0.05, 0.1) is 41.6 Å². The van der Waals surface area contributed by atoms with Gasteiger partial charge in [-0.2, -0.15) is 26.3 Å². The van der Waals surface area contributed by atoms with E-state index in [0.29, 0.717) is 107 Å². The Kier molecular flexibility index (Phi) is 29.0. The normalized spacial score (nSPS) is 17.7. The van der Waals surface area contributed by atoms with Crippen molar-refractivity contribution >= 4 is 89.1 Å². The second-order valence-corrected chi connectivity index (χ2v) is 26.7. The number of hydrogen-bond donors (Lipinski definition) is 2. The molecule has 544 valence electrons. The number of amides is 5. The van der Waals surface area contributed by atoms with Gasteiger partial charge in [0.25, 0.3) is 5.91 Å². The summed E-state index contributed by atoms with van der Waals surface area (Å²) >= 11 is 1.44. The van der Waals surface area contributed by atoms with Gasteiger partial charge >= 0.3 is 18.4 Å². The van der Waals surface area contributed by atoms with Crippen LogP contribution in [0.5, 0.6) is 0 Å². The predicted octanol–water partition coefficient (Wildman–Crippen LogP) is 13.6. The summed E-state index contributed by atoms with van der Waals surface area (Å²) in [6.45, 7) is 5.28.